The molecule has 1 aromatic heterocycles. The van der Waals surface area contributed by atoms with E-state index in [0.717, 1.165) is 16.8 Å². The maximum atomic E-state index is 13.3. The maximum absolute atomic E-state index is 13.3. The molecule has 0 saturated carbocycles. The fourth-order valence-electron chi connectivity index (χ4n) is 3.54. The minimum Gasteiger partial charge on any atom is -0.340 e. The summed E-state index contributed by atoms with van der Waals surface area (Å²) in [6.07, 6.45) is 4.46. The van der Waals surface area contributed by atoms with Crippen LogP contribution >= 0.6 is 0 Å². The van der Waals surface area contributed by atoms with E-state index in [9.17, 15) is 9.59 Å². The molecule has 2 aromatic carbocycles. The van der Waals surface area contributed by atoms with Gasteiger partial charge in [0.2, 0.25) is 5.91 Å². The van der Waals surface area contributed by atoms with E-state index in [1.807, 2.05) is 54.7 Å². The third kappa shape index (κ3) is 4.48. The molecule has 1 unspecified atom stereocenters. The summed E-state index contributed by atoms with van der Waals surface area (Å²) in [7, 11) is 0. The summed E-state index contributed by atoms with van der Waals surface area (Å²) in [6, 6.07) is 18.1. The Kier molecular flexibility index (Phi) is 5.61. The van der Waals surface area contributed by atoms with Gasteiger partial charge in [-0.1, -0.05) is 48.5 Å². The van der Waals surface area contributed by atoms with Crippen LogP contribution in [0, 0.1) is 0 Å². The molecule has 2 amide bonds. The Labute approximate surface area is 169 Å². The molecule has 2 heterocycles. The normalized spacial score (nSPS) is 14.0. The van der Waals surface area contributed by atoms with E-state index in [-0.39, 0.29) is 11.8 Å². The van der Waals surface area contributed by atoms with Crippen LogP contribution in [0.3, 0.4) is 0 Å². The Balaban J connectivity index is 1.54. The average Bonchev–Trinajstić information content (AvgIpc) is 2.79. The fraction of sp³-hybridized carbons (Fsp3) is 0.217. The summed E-state index contributed by atoms with van der Waals surface area (Å²) < 4.78 is 0. The van der Waals surface area contributed by atoms with E-state index in [0.29, 0.717) is 31.5 Å². The largest absolute Gasteiger partial charge is 0.340 e. The molecule has 4 rings (SSSR count). The van der Waals surface area contributed by atoms with Crippen LogP contribution in [-0.4, -0.2) is 39.3 Å². The van der Waals surface area contributed by atoms with E-state index in [1.165, 1.54) is 6.33 Å². The van der Waals surface area contributed by atoms with Crippen molar-refractivity contribution in [3.05, 3.63) is 95.6 Å². The molecule has 6 nitrogen and oxygen atoms in total. The summed E-state index contributed by atoms with van der Waals surface area (Å²) in [5.41, 5.74) is 3.48. The van der Waals surface area contributed by atoms with Gasteiger partial charge in [0.25, 0.3) is 5.91 Å². The molecule has 0 radical (unpaired) electrons. The Morgan fingerprint density at radius 1 is 1.03 bits per heavy atom. The van der Waals surface area contributed by atoms with Crippen LogP contribution in [-0.2, 0) is 24.2 Å². The maximum Gasteiger partial charge on any atom is 0.251 e. The first-order valence-corrected chi connectivity index (χ1v) is 9.67. The number of benzene rings is 2. The SMILES string of the molecule is O=C(NC(Cc1ccccc1)C(=O)N1CCc2cncnc2C1)c1ccccc1. The Morgan fingerprint density at radius 3 is 2.52 bits per heavy atom. The van der Waals surface area contributed by atoms with Crippen LogP contribution in [0.15, 0.2) is 73.2 Å². The van der Waals surface area contributed by atoms with Crippen LogP contribution in [0.1, 0.15) is 27.2 Å². The molecule has 1 atom stereocenters. The number of amides is 2. The first kappa shape index (κ1) is 18.8. The molecule has 0 spiro atoms. The molecule has 0 aliphatic carbocycles. The fourth-order valence-corrected chi connectivity index (χ4v) is 3.54. The number of nitrogens with one attached hydrogen (secondary N) is 1. The van der Waals surface area contributed by atoms with E-state index in [4.69, 9.17) is 0 Å². The van der Waals surface area contributed by atoms with Crippen LogP contribution < -0.4 is 5.32 Å². The van der Waals surface area contributed by atoms with Crippen molar-refractivity contribution in [2.75, 3.05) is 6.54 Å². The average molecular weight is 386 g/mol. The molecule has 29 heavy (non-hydrogen) atoms. The number of fused-ring (bicyclic) bond motifs is 1. The molecular weight excluding hydrogens is 364 g/mol. The molecule has 0 fully saturated rings. The third-order valence-corrected chi connectivity index (χ3v) is 5.11. The summed E-state index contributed by atoms with van der Waals surface area (Å²) in [5, 5.41) is 2.94. The highest BCUT2D eigenvalue weighted by Crippen LogP contribution is 2.17. The van der Waals surface area contributed by atoms with E-state index in [2.05, 4.69) is 15.3 Å². The van der Waals surface area contributed by atoms with E-state index in [1.54, 1.807) is 17.0 Å². The molecule has 0 bridgehead atoms. The highest BCUT2D eigenvalue weighted by molar-refractivity contribution is 5.97. The van der Waals surface area contributed by atoms with Gasteiger partial charge in [-0.25, -0.2) is 9.97 Å². The lowest BCUT2D eigenvalue weighted by Gasteiger charge is -2.31. The number of rotatable bonds is 5. The lowest BCUT2D eigenvalue weighted by Crippen LogP contribution is -2.51. The smallest absolute Gasteiger partial charge is 0.251 e. The van der Waals surface area contributed by atoms with E-state index >= 15 is 0 Å². The molecule has 1 aliphatic rings. The van der Waals surface area contributed by atoms with Gasteiger partial charge >= 0.3 is 0 Å². The topological polar surface area (TPSA) is 75.2 Å². The minimum atomic E-state index is -0.645. The molecule has 3 aromatic rings. The first-order chi connectivity index (χ1) is 14.2. The number of nitrogens with zero attached hydrogens (tertiary/aromatic N) is 3. The monoisotopic (exact) mass is 386 g/mol. The number of hydrogen-bond acceptors (Lipinski definition) is 4. The van der Waals surface area contributed by atoms with Gasteiger partial charge in [-0.05, 0) is 29.7 Å². The molecule has 6 heteroatoms. The van der Waals surface area contributed by atoms with Crippen LogP contribution in [0.25, 0.3) is 0 Å². The molecule has 146 valence electrons. The zero-order valence-corrected chi connectivity index (χ0v) is 16.0. The zero-order chi connectivity index (χ0) is 20.1. The predicted octanol–water partition coefficient (Wildman–Crippen LogP) is 2.40. The first-order valence-electron chi connectivity index (χ1n) is 9.67. The quantitative estimate of drug-likeness (QED) is 0.731. The van der Waals surface area contributed by atoms with Gasteiger partial charge in [0.1, 0.15) is 12.4 Å². The van der Waals surface area contributed by atoms with Crippen LogP contribution in [0.4, 0.5) is 0 Å². The summed E-state index contributed by atoms with van der Waals surface area (Å²) in [4.78, 5) is 36.2. The van der Waals surface area contributed by atoms with Crippen molar-refractivity contribution in [3.8, 4) is 0 Å². The van der Waals surface area contributed by atoms with Gasteiger partial charge < -0.3 is 10.2 Å². The van der Waals surface area contributed by atoms with Crippen molar-refractivity contribution in [1.29, 1.82) is 0 Å². The highest BCUT2D eigenvalue weighted by Gasteiger charge is 2.29. The predicted molar refractivity (Wildman–Crippen MR) is 109 cm³/mol. The Morgan fingerprint density at radius 2 is 1.76 bits per heavy atom. The van der Waals surface area contributed by atoms with Crippen molar-refractivity contribution in [1.82, 2.24) is 20.2 Å². The molecular formula is C23H22N4O2. The standard InChI is InChI=1S/C23H22N4O2/c28-22(18-9-5-2-6-10-18)26-20(13-17-7-3-1-4-8-17)23(29)27-12-11-19-14-24-16-25-21(19)15-27/h1-10,14,16,20H,11-13,15H2,(H,26,28). The van der Waals surface area contributed by atoms with Crippen molar-refractivity contribution >= 4 is 11.8 Å². The van der Waals surface area contributed by atoms with Crippen molar-refractivity contribution in [2.24, 2.45) is 0 Å². The second-order valence-corrected chi connectivity index (χ2v) is 7.09. The van der Waals surface area contributed by atoms with Crippen LogP contribution in [0.2, 0.25) is 0 Å². The number of hydrogen-bond donors (Lipinski definition) is 1. The highest BCUT2D eigenvalue weighted by atomic mass is 16.2. The van der Waals surface area contributed by atoms with Gasteiger partial charge in [0.15, 0.2) is 0 Å². The molecule has 0 saturated heterocycles. The number of aromatic nitrogens is 2. The van der Waals surface area contributed by atoms with Crippen molar-refractivity contribution < 1.29 is 9.59 Å². The van der Waals surface area contributed by atoms with Gasteiger partial charge in [0.05, 0.1) is 12.2 Å². The summed E-state index contributed by atoms with van der Waals surface area (Å²) >= 11 is 0. The van der Waals surface area contributed by atoms with Crippen LogP contribution in [0.5, 0.6) is 0 Å². The molecule has 1 N–H and O–H groups in total. The van der Waals surface area contributed by atoms with Crippen molar-refractivity contribution in [3.63, 3.8) is 0 Å². The zero-order valence-electron chi connectivity index (χ0n) is 16.0. The third-order valence-electron chi connectivity index (χ3n) is 5.11. The summed E-state index contributed by atoms with van der Waals surface area (Å²) in [5.74, 6) is -0.345. The Hall–Kier alpha value is -3.54. The number of carbonyl (C=O) groups is 2. The van der Waals surface area contributed by atoms with Gasteiger partial charge in [0, 0.05) is 24.7 Å². The van der Waals surface area contributed by atoms with Gasteiger partial charge in [-0.3, -0.25) is 9.59 Å². The summed E-state index contributed by atoms with van der Waals surface area (Å²) in [6.45, 7) is 1.02. The van der Waals surface area contributed by atoms with Crippen molar-refractivity contribution in [2.45, 2.75) is 25.4 Å². The lowest BCUT2D eigenvalue weighted by molar-refractivity contribution is -0.134. The van der Waals surface area contributed by atoms with Gasteiger partial charge in [-0.15, -0.1) is 0 Å². The van der Waals surface area contributed by atoms with Gasteiger partial charge in [-0.2, -0.15) is 0 Å². The Bertz CT molecular complexity index is 992. The van der Waals surface area contributed by atoms with E-state index < -0.39 is 6.04 Å². The minimum absolute atomic E-state index is 0.0950. The molecule has 1 aliphatic heterocycles. The second kappa shape index (κ2) is 8.65. The lowest BCUT2D eigenvalue weighted by atomic mass is 10.0. The second-order valence-electron chi connectivity index (χ2n) is 7.09. The number of carbonyl (C=O) groups excluding carboxylic acids is 2.